The summed E-state index contributed by atoms with van der Waals surface area (Å²) in [5.41, 5.74) is 1.04. The molecule has 1 aromatic heterocycles. The number of alkyl halides is 3. The molecule has 0 aliphatic heterocycles. The summed E-state index contributed by atoms with van der Waals surface area (Å²) < 4.78 is 40.7. The van der Waals surface area contributed by atoms with Gasteiger partial charge in [-0.1, -0.05) is 42.1 Å². The van der Waals surface area contributed by atoms with Gasteiger partial charge in [-0.3, -0.25) is 5.10 Å². The van der Waals surface area contributed by atoms with Crippen molar-refractivity contribution >= 4 is 11.0 Å². The molecule has 5 nitrogen and oxygen atoms in total. The standard InChI is InChI=1S/C18H17F3N4O/c1-10(11(2)26)22-9-12-3-5-13(6-4-12)14-7-8-15-17(24-25-23-15)16(14)18(19,20)21/h3-8,11,22,26H,1,9H2,2H3,(H,23,24,25)/t11-/m0/s1. The Morgan fingerprint density at radius 1 is 1.23 bits per heavy atom. The lowest BCUT2D eigenvalue weighted by molar-refractivity contribution is -0.135. The highest BCUT2D eigenvalue weighted by Crippen LogP contribution is 2.40. The number of hydrogen-bond acceptors (Lipinski definition) is 4. The zero-order chi connectivity index (χ0) is 18.9. The molecule has 2 aromatic carbocycles. The van der Waals surface area contributed by atoms with Crippen LogP contribution in [0.5, 0.6) is 0 Å². The first-order valence-electron chi connectivity index (χ1n) is 7.88. The Morgan fingerprint density at radius 3 is 2.54 bits per heavy atom. The van der Waals surface area contributed by atoms with Crippen LogP contribution in [0.15, 0.2) is 48.7 Å². The molecule has 0 saturated heterocycles. The van der Waals surface area contributed by atoms with Gasteiger partial charge in [-0.25, -0.2) is 0 Å². The third kappa shape index (κ3) is 3.55. The van der Waals surface area contributed by atoms with Crippen LogP contribution >= 0.6 is 0 Å². The topological polar surface area (TPSA) is 73.8 Å². The Kier molecular flexibility index (Phi) is 4.69. The number of hydrogen-bond donors (Lipinski definition) is 3. The third-order valence-electron chi connectivity index (χ3n) is 4.07. The van der Waals surface area contributed by atoms with Crippen molar-refractivity contribution in [1.82, 2.24) is 20.7 Å². The second-order valence-corrected chi connectivity index (χ2v) is 5.95. The number of benzene rings is 2. The Bertz CT molecular complexity index is 930. The van der Waals surface area contributed by atoms with Gasteiger partial charge in [0.15, 0.2) is 0 Å². The smallest absolute Gasteiger partial charge is 0.387 e. The quantitative estimate of drug-likeness (QED) is 0.648. The molecule has 0 fully saturated rings. The molecule has 0 amide bonds. The van der Waals surface area contributed by atoms with Gasteiger partial charge in [-0.05, 0) is 29.7 Å². The van der Waals surface area contributed by atoms with Gasteiger partial charge in [0, 0.05) is 12.2 Å². The molecule has 26 heavy (non-hydrogen) atoms. The minimum Gasteiger partial charge on any atom is -0.387 e. The van der Waals surface area contributed by atoms with Crippen LogP contribution in [0, 0.1) is 0 Å². The number of aliphatic hydroxyl groups excluding tert-OH is 1. The van der Waals surface area contributed by atoms with Gasteiger partial charge in [0.25, 0.3) is 0 Å². The van der Waals surface area contributed by atoms with Gasteiger partial charge in [-0.15, -0.1) is 5.10 Å². The summed E-state index contributed by atoms with van der Waals surface area (Å²) in [4.78, 5) is 0. The summed E-state index contributed by atoms with van der Waals surface area (Å²) in [6.07, 6.45) is -5.24. The van der Waals surface area contributed by atoms with Gasteiger partial charge in [0.1, 0.15) is 5.52 Å². The summed E-state index contributed by atoms with van der Waals surface area (Å²) >= 11 is 0. The zero-order valence-electron chi connectivity index (χ0n) is 13.9. The average molecular weight is 362 g/mol. The first-order valence-corrected chi connectivity index (χ1v) is 7.88. The van der Waals surface area contributed by atoms with Crippen molar-refractivity contribution in [3.63, 3.8) is 0 Å². The molecule has 0 radical (unpaired) electrons. The SMILES string of the molecule is C=C(NCc1ccc(-c2ccc3[nH]nnc3c2C(F)(F)F)cc1)[C@H](C)O. The highest BCUT2D eigenvalue weighted by atomic mass is 19.4. The molecule has 1 heterocycles. The number of H-pyrrole nitrogens is 1. The molecule has 1 atom stereocenters. The van der Waals surface area contributed by atoms with E-state index >= 15 is 0 Å². The monoisotopic (exact) mass is 362 g/mol. The van der Waals surface area contributed by atoms with Gasteiger partial charge in [-0.2, -0.15) is 13.2 Å². The number of rotatable bonds is 5. The van der Waals surface area contributed by atoms with Crippen molar-refractivity contribution in [2.24, 2.45) is 0 Å². The van der Waals surface area contributed by atoms with Gasteiger partial charge < -0.3 is 10.4 Å². The number of halogens is 3. The number of nitrogens with one attached hydrogen (secondary N) is 2. The summed E-state index contributed by atoms with van der Waals surface area (Å²) in [7, 11) is 0. The Balaban J connectivity index is 1.93. The summed E-state index contributed by atoms with van der Waals surface area (Å²) in [5, 5.41) is 21.9. The molecule has 0 spiro atoms. The second-order valence-electron chi connectivity index (χ2n) is 5.95. The van der Waals surface area contributed by atoms with Crippen molar-refractivity contribution in [3.8, 4) is 11.1 Å². The Labute approximate surface area is 147 Å². The third-order valence-corrected chi connectivity index (χ3v) is 4.07. The lowest BCUT2D eigenvalue weighted by Crippen LogP contribution is -2.20. The summed E-state index contributed by atoms with van der Waals surface area (Å²) in [5.74, 6) is 0. The van der Waals surface area contributed by atoms with Crippen LogP contribution in [0.1, 0.15) is 18.1 Å². The average Bonchev–Trinajstić information content (AvgIpc) is 3.06. The van der Waals surface area contributed by atoms with E-state index in [9.17, 15) is 18.3 Å². The van der Waals surface area contributed by atoms with Gasteiger partial charge >= 0.3 is 6.18 Å². The molecule has 0 aliphatic carbocycles. The van der Waals surface area contributed by atoms with Crippen molar-refractivity contribution in [3.05, 3.63) is 59.8 Å². The fraction of sp³-hybridized carbons (Fsp3) is 0.222. The molecule has 136 valence electrons. The van der Waals surface area contributed by atoms with Crippen LogP contribution in [0.25, 0.3) is 22.2 Å². The maximum Gasteiger partial charge on any atom is 0.419 e. The van der Waals surface area contributed by atoms with E-state index in [0.717, 1.165) is 5.56 Å². The predicted octanol–water partition coefficient (Wildman–Crippen LogP) is 3.63. The largest absolute Gasteiger partial charge is 0.419 e. The number of aromatic nitrogens is 3. The molecular formula is C18H17F3N4O. The molecule has 0 unspecified atom stereocenters. The predicted molar refractivity (Wildman–Crippen MR) is 92.0 cm³/mol. The maximum absolute atomic E-state index is 13.6. The molecular weight excluding hydrogens is 345 g/mol. The van der Waals surface area contributed by atoms with E-state index in [1.54, 1.807) is 31.2 Å². The molecule has 8 heteroatoms. The van der Waals surface area contributed by atoms with Crippen molar-refractivity contribution in [2.75, 3.05) is 0 Å². The molecule has 3 aromatic rings. The summed E-state index contributed by atoms with van der Waals surface area (Å²) in [6, 6.07) is 9.64. The highest BCUT2D eigenvalue weighted by molar-refractivity contribution is 5.86. The fourth-order valence-corrected chi connectivity index (χ4v) is 2.61. The number of nitrogens with zero attached hydrogens (tertiary/aromatic N) is 2. The number of aliphatic hydroxyl groups is 1. The van der Waals surface area contributed by atoms with E-state index in [0.29, 0.717) is 17.8 Å². The van der Waals surface area contributed by atoms with Crippen molar-refractivity contribution in [2.45, 2.75) is 25.7 Å². The van der Waals surface area contributed by atoms with Crippen molar-refractivity contribution in [1.29, 1.82) is 0 Å². The molecule has 0 saturated carbocycles. The lowest BCUT2D eigenvalue weighted by atomic mass is 9.97. The van der Waals surface area contributed by atoms with E-state index in [-0.39, 0.29) is 16.6 Å². The molecule has 0 aliphatic rings. The van der Waals surface area contributed by atoms with E-state index < -0.39 is 17.8 Å². The van der Waals surface area contributed by atoms with Crippen LogP contribution in [0.3, 0.4) is 0 Å². The Hall–Kier alpha value is -2.87. The lowest BCUT2D eigenvalue weighted by Gasteiger charge is -2.14. The van der Waals surface area contributed by atoms with Crippen LogP contribution < -0.4 is 5.32 Å². The van der Waals surface area contributed by atoms with Gasteiger partial charge in [0.05, 0.1) is 17.2 Å². The number of aromatic amines is 1. The van der Waals surface area contributed by atoms with E-state index in [1.165, 1.54) is 12.1 Å². The minimum absolute atomic E-state index is 0.0480. The molecule has 3 N–H and O–H groups in total. The van der Waals surface area contributed by atoms with E-state index in [4.69, 9.17) is 0 Å². The second kappa shape index (κ2) is 6.80. The van der Waals surface area contributed by atoms with Gasteiger partial charge in [0.2, 0.25) is 0 Å². The van der Waals surface area contributed by atoms with Crippen LogP contribution in [-0.2, 0) is 12.7 Å². The summed E-state index contributed by atoms with van der Waals surface area (Å²) in [6.45, 7) is 5.70. The maximum atomic E-state index is 13.6. The van der Waals surface area contributed by atoms with E-state index in [2.05, 4.69) is 27.3 Å². The Morgan fingerprint density at radius 2 is 1.92 bits per heavy atom. The first-order chi connectivity index (χ1) is 12.3. The number of fused-ring (bicyclic) bond motifs is 1. The molecule has 3 rings (SSSR count). The normalized spacial score (nSPS) is 13.0. The zero-order valence-corrected chi connectivity index (χ0v) is 13.9. The molecule has 0 bridgehead atoms. The van der Waals surface area contributed by atoms with Crippen LogP contribution in [-0.4, -0.2) is 26.6 Å². The van der Waals surface area contributed by atoms with Crippen LogP contribution in [0.2, 0.25) is 0 Å². The highest BCUT2D eigenvalue weighted by Gasteiger charge is 2.37. The minimum atomic E-state index is -4.55. The van der Waals surface area contributed by atoms with Crippen LogP contribution in [0.4, 0.5) is 13.2 Å². The first kappa shape index (κ1) is 17.9. The fourth-order valence-electron chi connectivity index (χ4n) is 2.61. The van der Waals surface area contributed by atoms with E-state index in [1.807, 2.05) is 0 Å². The van der Waals surface area contributed by atoms with Crippen molar-refractivity contribution < 1.29 is 18.3 Å².